The first kappa shape index (κ1) is 11.6. The molecular formula is C8H11N3O3S2. The number of nitrogens with zero attached hydrogens (tertiary/aromatic N) is 2. The molecule has 6 nitrogen and oxygen atoms in total. The van der Waals surface area contributed by atoms with Crippen molar-refractivity contribution in [3.05, 3.63) is 17.0 Å². The molecule has 0 amide bonds. The van der Waals surface area contributed by atoms with Crippen molar-refractivity contribution in [2.75, 3.05) is 26.2 Å². The molecule has 0 radical (unpaired) electrons. The Morgan fingerprint density at radius 2 is 2.00 bits per heavy atom. The van der Waals surface area contributed by atoms with E-state index >= 15 is 0 Å². The molecule has 1 aromatic rings. The maximum Gasteiger partial charge on any atom is 0.252 e. The molecule has 2 heterocycles. The smallest absolute Gasteiger partial charge is 0.252 e. The van der Waals surface area contributed by atoms with Gasteiger partial charge in [0.2, 0.25) is 0 Å². The van der Waals surface area contributed by atoms with E-state index in [2.05, 4.69) is 10.5 Å². The lowest BCUT2D eigenvalue weighted by Crippen LogP contribution is -2.46. The number of rotatable bonds is 3. The summed E-state index contributed by atoms with van der Waals surface area (Å²) in [5.74, 6) is 0. The van der Waals surface area contributed by atoms with Crippen LogP contribution < -0.4 is 5.32 Å². The van der Waals surface area contributed by atoms with Crippen LogP contribution in [0.4, 0.5) is 5.00 Å². The van der Waals surface area contributed by atoms with E-state index < -0.39 is 10.0 Å². The monoisotopic (exact) mass is 261 g/mol. The van der Waals surface area contributed by atoms with Crippen molar-refractivity contribution in [2.45, 2.75) is 4.21 Å². The third-order valence-electron chi connectivity index (χ3n) is 2.33. The van der Waals surface area contributed by atoms with Crippen LogP contribution in [0.5, 0.6) is 0 Å². The minimum absolute atomic E-state index is 0.184. The standard InChI is InChI=1S/C8H11N3O3S2/c12-10-7-1-2-8(15-7)16(13,14)11-5-3-9-4-6-11/h1-2,9H,3-6H2. The van der Waals surface area contributed by atoms with Crippen molar-refractivity contribution >= 4 is 26.4 Å². The van der Waals surface area contributed by atoms with E-state index in [1.807, 2.05) is 0 Å². The van der Waals surface area contributed by atoms with E-state index in [4.69, 9.17) is 0 Å². The van der Waals surface area contributed by atoms with Crippen LogP contribution >= 0.6 is 11.3 Å². The molecule has 0 spiro atoms. The van der Waals surface area contributed by atoms with Gasteiger partial charge in [-0.05, 0) is 17.3 Å². The number of thiophene rings is 1. The second-order valence-corrected chi connectivity index (χ2v) is 6.57. The molecule has 0 bridgehead atoms. The summed E-state index contributed by atoms with van der Waals surface area (Å²) in [5, 5.41) is 6.00. The first-order valence-electron chi connectivity index (χ1n) is 4.78. The van der Waals surface area contributed by atoms with Gasteiger partial charge in [-0.15, -0.1) is 4.91 Å². The molecule has 0 aromatic carbocycles. The molecule has 88 valence electrons. The lowest BCUT2D eigenvalue weighted by molar-refractivity contribution is 0.361. The SMILES string of the molecule is O=Nc1ccc(S(=O)(=O)N2CCNCC2)s1. The molecule has 0 saturated carbocycles. The second kappa shape index (κ2) is 4.58. The summed E-state index contributed by atoms with van der Waals surface area (Å²) >= 11 is 0.904. The number of piperazine rings is 1. The van der Waals surface area contributed by atoms with Crippen LogP contribution in [0.2, 0.25) is 0 Å². The number of nitroso groups, excluding NO2 is 1. The maximum atomic E-state index is 12.1. The summed E-state index contributed by atoms with van der Waals surface area (Å²) < 4.78 is 25.8. The Morgan fingerprint density at radius 3 is 2.56 bits per heavy atom. The van der Waals surface area contributed by atoms with E-state index in [0.717, 1.165) is 11.3 Å². The molecular weight excluding hydrogens is 250 g/mol. The minimum atomic E-state index is -3.44. The highest BCUT2D eigenvalue weighted by Crippen LogP contribution is 2.30. The van der Waals surface area contributed by atoms with Crippen molar-refractivity contribution < 1.29 is 8.42 Å². The maximum absolute atomic E-state index is 12.1. The Balaban J connectivity index is 2.26. The topological polar surface area (TPSA) is 78.8 Å². The molecule has 1 aliphatic heterocycles. The summed E-state index contributed by atoms with van der Waals surface area (Å²) in [6.07, 6.45) is 0. The van der Waals surface area contributed by atoms with Gasteiger partial charge in [-0.2, -0.15) is 4.31 Å². The van der Waals surface area contributed by atoms with E-state index in [0.29, 0.717) is 26.2 Å². The zero-order chi connectivity index (χ0) is 11.6. The average Bonchev–Trinajstić information content (AvgIpc) is 2.79. The predicted molar refractivity (Wildman–Crippen MR) is 61.4 cm³/mol. The summed E-state index contributed by atoms with van der Waals surface area (Å²) in [5.41, 5.74) is 0. The fourth-order valence-electron chi connectivity index (χ4n) is 1.51. The Kier molecular flexibility index (Phi) is 3.33. The van der Waals surface area contributed by atoms with E-state index in [1.54, 1.807) is 0 Å². The zero-order valence-corrected chi connectivity index (χ0v) is 10.1. The largest absolute Gasteiger partial charge is 0.314 e. The van der Waals surface area contributed by atoms with Gasteiger partial charge in [-0.3, -0.25) is 0 Å². The third kappa shape index (κ3) is 2.14. The third-order valence-corrected chi connectivity index (χ3v) is 5.66. The summed E-state index contributed by atoms with van der Waals surface area (Å²) in [6.45, 7) is 2.24. The van der Waals surface area contributed by atoms with E-state index in [1.165, 1.54) is 16.4 Å². The highest BCUT2D eigenvalue weighted by molar-refractivity contribution is 7.91. The van der Waals surface area contributed by atoms with Gasteiger partial charge in [0.25, 0.3) is 10.0 Å². The molecule has 2 rings (SSSR count). The van der Waals surface area contributed by atoms with E-state index in [-0.39, 0.29) is 9.21 Å². The van der Waals surface area contributed by atoms with Crippen LogP contribution in [-0.4, -0.2) is 38.9 Å². The summed E-state index contributed by atoms with van der Waals surface area (Å²) in [4.78, 5) is 10.3. The first-order chi connectivity index (χ1) is 7.64. The Hall–Kier alpha value is -0.830. The van der Waals surface area contributed by atoms with Gasteiger partial charge in [-0.25, -0.2) is 8.42 Å². The summed E-state index contributed by atoms with van der Waals surface area (Å²) in [6, 6.07) is 2.85. The van der Waals surface area contributed by atoms with Gasteiger partial charge < -0.3 is 5.32 Å². The van der Waals surface area contributed by atoms with Crippen LogP contribution in [0.25, 0.3) is 0 Å². The average molecular weight is 261 g/mol. The number of sulfonamides is 1. The lowest BCUT2D eigenvalue weighted by atomic mass is 10.4. The van der Waals surface area contributed by atoms with Gasteiger partial charge in [0.1, 0.15) is 4.21 Å². The fourth-order valence-corrected chi connectivity index (χ4v) is 4.18. The number of hydrogen-bond acceptors (Lipinski definition) is 6. The second-order valence-electron chi connectivity index (χ2n) is 3.34. The zero-order valence-electron chi connectivity index (χ0n) is 8.42. The number of nitrogens with one attached hydrogen (secondary N) is 1. The van der Waals surface area contributed by atoms with Gasteiger partial charge in [0.15, 0.2) is 5.00 Å². The normalized spacial score (nSPS) is 18.5. The Morgan fingerprint density at radius 1 is 1.31 bits per heavy atom. The van der Waals surface area contributed by atoms with Crippen LogP contribution in [-0.2, 0) is 10.0 Å². The van der Waals surface area contributed by atoms with Crippen molar-refractivity contribution in [3.63, 3.8) is 0 Å². The first-order valence-corrected chi connectivity index (χ1v) is 7.04. The minimum Gasteiger partial charge on any atom is -0.314 e. The molecule has 1 aliphatic rings. The van der Waals surface area contributed by atoms with Crippen LogP contribution in [0.15, 0.2) is 21.5 Å². The van der Waals surface area contributed by atoms with Crippen LogP contribution in [0.3, 0.4) is 0 Å². The quantitative estimate of drug-likeness (QED) is 0.814. The number of hydrogen-bond donors (Lipinski definition) is 1. The molecule has 0 aliphatic carbocycles. The van der Waals surface area contributed by atoms with Crippen molar-refractivity contribution in [2.24, 2.45) is 5.18 Å². The molecule has 16 heavy (non-hydrogen) atoms. The van der Waals surface area contributed by atoms with Gasteiger partial charge in [0.05, 0.1) is 0 Å². The highest BCUT2D eigenvalue weighted by Gasteiger charge is 2.27. The van der Waals surface area contributed by atoms with Crippen LogP contribution in [0.1, 0.15) is 0 Å². The van der Waals surface area contributed by atoms with Gasteiger partial charge in [0, 0.05) is 26.2 Å². The molecule has 1 N–H and O–H groups in total. The molecule has 8 heteroatoms. The molecule has 1 saturated heterocycles. The van der Waals surface area contributed by atoms with Gasteiger partial charge in [-0.1, -0.05) is 11.3 Å². The van der Waals surface area contributed by atoms with E-state index in [9.17, 15) is 13.3 Å². The Labute approximate surface area is 97.3 Å². The fraction of sp³-hybridized carbons (Fsp3) is 0.500. The van der Waals surface area contributed by atoms with Crippen molar-refractivity contribution in [1.82, 2.24) is 9.62 Å². The van der Waals surface area contributed by atoms with Gasteiger partial charge >= 0.3 is 0 Å². The predicted octanol–water partition coefficient (Wildman–Crippen LogP) is 0.740. The van der Waals surface area contributed by atoms with Crippen molar-refractivity contribution in [3.8, 4) is 0 Å². The molecule has 1 fully saturated rings. The highest BCUT2D eigenvalue weighted by atomic mass is 32.2. The van der Waals surface area contributed by atoms with Crippen molar-refractivity contribution in [1.29, 1.82) is 0 Å². The molecule has 0 atom stereocenters. The Bertz CT molecular complexity index is 476. The molecule has 1 aromatic heterocycles. The molecule has 0 unspecified atom stereocenters. The summed E-state index contributed by atoms with van der Waals surface area (Å²) in [7, 11) is -3.44. The lowest BCUT2D eigenvalue weighted by Gasteiger charge is -2.25. The van der Waals surface area contributed by atoms with Crippen LogP contribution in [0, 0.1) is 4.91 Å².